The molecule has 0 N–H and O–H groups in total. The van der Waals surface area contributed by atoms with Crippen LogP contribution in [0.1, 0.15) is 20.8 Å². The second-order valence-electron chi connectivity index (χ2n) is 3.60. The molecule has 0 spiro atoms. The van der Waals surface area contributed by atoms with Gasteiger partial charge in [-0.05, 0) is 0 Å². The predicted molar refractivity (Wildman–Crippen MR) is 61.1 cm³/mol. The summed E-state index contributed by atoms with van der Waals surface area (Å²) in [6.07, 6.45) is 2.09. The van der Waals surface area contributed by atoms with Crippen LogP contribution in [0, 0.1) is 5.92 Å². The summed E-state index contributed by atoms with van der Waals surface area (Å²) in [5.41, 5.74) is 0. The quantitative estimate of drug-likeness (QED) is 0.758. The van der Waals surface area contributed by atoms with Gasteiger partial charge < -0.3 is 0 Å². The molecule has 1 rings (SSSR count). The molecule has 0 aromatic heterocycles. The van der Waals surface area contributed by atoms with Crippen molar-refractivity contribution in [2.75, 3.05) is 0 Å². The van der Waals surface area contributed by atoms with Gasteiger partial charge in [-0.15, -0.1) is 0 Å². The summed E-state index contributed by atoms with van der Waals surface area (Å²) in [5.74, 6) is 0.471. The first-order valence-corrected chi connectivity index (χ1v) is 7.17. The molecule has 1 aromatic rings. The van der Waals surface area contributed by atoms with Crippen LogP contribution >= 0.6 is 0 Å². The van der Waals surface area contributed by atoms with Crippen LogP contribution in [-0.4, -0.2) is 13.8 Å². The molecule has 0 saturated heterocycles. The van der Waals surface area contributed by atoms with Crippen molar-refractivity contribution in [2.24, 2.45) is 5.92 Å². The predicted octanol–water partition coefficient (Wildman–Crippen LogP) is 2.46. The van der Waals surface area contributed by atoms with Gasteiger partial charge in [0.2, 0.25) is 0 Å². The van der Waals surface area contributed by atoms with Crippen LogP contribution in [0.25, 0.3) is 0 Å². The zero-order chi connectivity index (χ0) is 10.6. The van der Waals surface area contributed by atoms with Crippen molar-refractivity contribution < 1.29 is 3.83 Å². The van der Waals surface area contributed by atoms with Gasteiger partial charge in [-0.1, -0.05) is 0 Å². The van der Waals surface area contributed by atoms with Crippen LogP contribution in [0.5, 0.6) is 0 Å². The molecule has 0 amide bonds. The van der Waals surface area contributed by atoms with Gasteiger partial charge in [0.05, 0.1) is 0 Å². The molecule has 1 nitrogen and oxygen atoms in total. The van der Waals surface area contributed by atoms with E-state index in [1.54, 1.807) is 0 Å². The minimum atomic E-state index is -1.96. The summed E-state index contributed by atoms with van der Waals surface area (Å²) in [5, 5.41) is 0. The van der Waals surface area contributed by atoms with Crippen molar-refractivity contribution in [3.8, 4) is 0 Å². The van der Waals surface area contributed by atoms with Gasteiger partial charge in [-0.2, -0.15) is 0 Å². The fourth-order valence-electron chi connectivity index (χ4n) is 1.26. The SMILES string of the molecule is C/C(=C/C(C)C)[Se](=O)c1ccccc1. The zero-order valence-electron chi connectivity index (χ0n) is 8.86. The van der Waals surface area contributed by atoms with E-state index >= 15 is 0 Å². The normalized spacial score (nSPS) is 14.4. The second-order valence-corrected chi connectivity index (χ2v) is 7.07. The van der Waals surface area contributed by atoms with E-state index in [1.807, 2.05) is 37.3 Å². The molecule has 1 unspecified atom stereocenters. The van der Waals surface area contributed by atoms with Gasteiger partial charge in [-0.25, -0.2) is 0 Å². The van der Waals surface area contributed by atoms with Crippen molar-refractivity contribution in [1.82, 2.24) is 0 Å². The van der Waals surface area contributed by atoms with E-state index in [1.165, 1.54) is 0 Å². The Morgan fingerprint density at radius 1 is 1.29 bits per heavy atom. The van der Waals surface area contributed by atoms with Crippen LogP contribution < -0.4 is 4.46 Å². The third kappa shape index (κ3) is 3.21. The monoisotopic (exact) mass is 256 g/mol. The van der Waals surface area contributed by atoms with Gasteiger partial charge in [-0.3, -0.25) is 0 Å². The summed E-state index contributed by atoms with van der Waals surface area (Å²) in [7, 11) is 0. The Labute approximate surface area is 89.9 Å². The molecule has 0 saturated carbocycles. The first-order valence-electron chi connectivity index (χ1n) is 4.76. The standard InChI is InChI=1S/C12H16OSe/c1-10(2)9-11(3)14(13)12-7-5-4-6-8-12/h4-10H,1-3H3/b11-9-. The van der Waals surface area contributed by atoms with Crippen molar-refractivity contribution >= 4 is 18.3 Å². The molecule has 76 valence electrons. The fraction of sp³-hybridized carbons (Fsp3) is 0.333. The maximum absolute atomic E-state index is 12.0. The molecular weight excluding hydrogens is 239 g/mol. The molecule has 0 aliphatic rings. The van der Waals surface area contributed by atoms with Crippen molar-refractivity contribution in [3.05, 3.63) is 40.9 Å². The number of allylic oxidation sites excluding steroid dienone is 2. The summed E-state index contributed by atoms with van der Waals surface area (Å²) in [4.78, 5) is 0. The summed E-state index contributed by atoms with van der Waals surface area (Å²) in [6.45, 7) is 6.17. The van der Waals surface area contributed by atoms with E-state index in [0.717, 1.165) is 8.93 Å². The van der Waals surface area contributed by atoms with Gasteiger partial charge in [0.25, 0.3) is 0 Å². The van der Waals surface area contributed by atoms with Crippen LogP contribution in [0.15, 0.2) is 40.9 Å². The summed E-state index contributed by atoms with van der Waals surface area (Å²) in [6, 6.07) is 9.70. The van der Waals surface area contributed by atoms with Crippen LogP contribution in [0.2, 0.25) is 0 Å². The summed E-state index contributed by atoms with van der Waals surface area (Å²) < 4.78 is 14.0. The average molecular weight is 255 g/mol. The molecule has 0 radical (unpaired) electrons. The number of hydrogen-bond donors (Lipinski definition) is 0. The van der Waals surface area contributed by atoms with E-state index in [-0.39, 0.29) is 0 Å². The molecule has 0 heterocycles. The third-order valence-electron chi connectivity index (χ3n) is 1.82. The van der Waals surface area contributed by atoms with Crippen LogP contribution in [0.4, 0.5) is 0 Å². The zero-order valence-corrected chi connectivity index (χ0v) is 10.6. The molecular formula is C12H16OSe. The number of benzene rings is 1. The van der Waals surface area contributed by atoms with Gasteiger partial charge in [0.15, 0.2) is 0 Å². The Morgan fingerprint density at radius 3 is 2.36 bits per heavy atom. The molecule has 0 aliphatic carbocycles. The Morgan fingerprint density at radius 2 is 1.86 bits per heavy atom. The van der Waals surface area contributed by atoms with Gasteiger partial charge in [0, 0.05) is 0 Å². The fourth-order valence-corrected chi connectivity index (χ4v) is 3.72. The molecule has 2 heteroatoms. The van der Waals surface area contributed by atoms with Crippen molar-refractivity contribution in [1.29, 1.82) is 0 Å². The van der Waals surface area contributed by atoms with Crippen LogP contribution in [0.3, 0.4) is 0 Å². The first kappa shape index (κ1) is 11.4. The molecule has 1 aromatic carbocycles. The number of rotatable bonds is 3. The molecule has 1 atom stereocenters. The Bertz CT molecular complexity index is 339. The Kier molecular flexibility index (Phi) is 4.24. The molecule has 0 bridgehead atoms. The van der Waals surface area contributed by atoms with Crippen molar-refractivity contribution in [3.63, 3.8) is 0 Å². The first-order chi connectivity index (χ1) is 6.61. The van der Waals surface area contributed by atoms with E-state index in [2.05, 4.69) is 19.9 Å². The van der Waals surface area contributed by atoms with E-state index in [9.17, 15) is 3.83 Å². The number of hydrogen-bond acceptors (Lipinski definition) is 1. The topological polar surface area (TPSA) is 17.1 Å². The second kappa shape index (κ2) is 5.23. The summed E-state index contributed by atoms with van der Waals surface area (Å²) >= 11 is -1.96. The third-order valence-corrected chi connectivity index (χ3v) is 4.80. The van der Waals surface area contributed by atoms with Gasteiger partial charge in [0.1, 0.15) is 0 Å². The minimum absolute atomic E-state index is 0.471. The maximum atomic E-state index is 12.0. The van der Waals surface area contributed by atoms with E-state index in [4.69, 9.17) is 0 Å². The average Bonchev–Trinajstić information content (AvgIpc) is 2.17. The Balaban J connectivity index is 2.87. The van der Waals surface area contributed by atoms with Gasteiger partial charge >= 0.3 is 89.7 Å². The van der Waals surface area contributed by atoms with E-state index < -0.39 is 13.8 Å². The molecule has 0 fully saturated rings. The molecule has 14 heavy (non-hydrogen) atoms. The molecule has 0 aliphatic heterocycles. The Hall–Kier alpha value is -0.721. The van der Waals surface area contributed by atoms with Crippen molar-refractivity contribution in [2.45, 2.75) is 20.8 Å². The van der Waals surface area contributed by atoms with Crippen LogP contribution in [-0.2, 0) is 3.83 Å². The van der Waals surface area contributed by atoms with E-state index in [0.29, 0.717) is 5.92 Å².